The summed E-state index contributed by atoms with van der Waals surface area (Å²) in [6.45, 7) is 0.679. The molecule has 2 aromatic carbocycles. The standard InChI is InChI=1S/C22H20N4OS/c1-23-22(27)16-11-9-15(10-12-16)14-26(2)21-17-6-3-4-7-18(17)24-20(25-21)19-8-5-13-28-19/h3-13H,14H2,1-2H3,(H,23,27). The minimum absolute atomic E-state index is 0.0812. The lowest BCUT2D eigenvalue weighted by Gasteiger charge is -2.21. The topological polar surface area (TPSA) is 58.1 Å². The average molecular weight is 388 g/mol. The molecule has 0 bridgehead atoms. The number of carbonyl (C=O) groups is 1. The second kappa shape index (κ2) is 7.78. The summed E-state index contributed by atoms with van der Waals surface area (Å²) in [6.07, 6.45) is 0. The van der Waals surface area contributed by atoms with E-state index in [9.17, 15) is 4.79 Å². The first kappa shape index (κ1) is 18.1. The number of fused-ring (bicyclic) bond motifs is 1. The second-order valence-electron chi connectivity index (χ2n) is 6.50. The maximum Gasteiger partial charge on any atom is 0.251 e. The van der Waals surface area contributed by atoms with Crippen LogP contribution in [0.3, 0.4) is 0 Å². The predicted octanol–water partition coefficient (Wildman–Crippen LogP) is 4.35. The van der Waals surface area contributed by atoms with Gasteiger partial charge in [0.25, 0.3) is 5.91 Å². The number of aromatic nitrogens is 2. The zero-order valence-electron chi connectivity index (χ0n) is 15.7. The molecule has 2 heterocycles. The number of anilines is 1. The van der Waals surface area contributed by atoms with Crippen molar-refractivity contribution in [1.29, 1.82) is 0 Å². The Morgan fingerprint density at radius 1 is 1.04 bits per heavy atom. The molecular formula is C22H20N4OS. The summed E-state index contributed by atoms with van der Waals surface area (Å²) in [5.74, 6) is 1.55. The molecule has 6 heteroatoms. The second-order valence-corrected chi connectivity index (χ2v) is 7.45. The average Bonchev–Trinajstić information content (AvgIpc) is 3.28. The van der Waals surface area contributed by atoms with Crippen molar-refractivity contribution in [3.63, 3.8) is 0 Å². The minimum Gasteiger partial charge on any atom is -0.355 e. The highest BCUT2D eigenvalue weighted by Crippen LogP contribution is 2.29. The van der Waals surface area contributed by atoms with Gasteiger partial charge in [0.05, 0.1) is 10.4 Å². The number of amides is 1. The molecule has 0 radical (unpaired) electrons. The van der Waals surface area contributed by atoms with Crippen LogP contribution in [0.2, 0.25) is 0 Å². The van der Waals surface area contributed by atoms with E-state index in [1.165, 1.54) is 0 Å². The molecule has 0 saturated heterocycles. The van der Waals surface area contributed by atoms with Gasteiger partial charge in [-0.1, -0.05) is 30.3 Å². The van der Waals surface area contributed by atoms with Crippen LogP contribution in [0.4, 0.5) is 5.82 Å². The summed E-state index contributed by atoms with van der Waals surface area (Å²) in [6, 6.07) is 19.8. The van der Waals surface area contributed by atoms with Crippen molar-refractivity contribution in [2.24, 2.45) is 0 Å². The number of para-hydroxylation sites is 1. The monoisotopic (exact) mass is 388 g/mol. The summed E-state index contributed by atoms with van der Waals surface area (Å²) >= 11 is 1.63. The molecule has 0 aliphatic rings. The fourth-order valence-electron chi connectivity index (χ4n) is 3.12. The van der Waals surface area contributed by atoms with Crippen molar-refractivity contribution >= 4 is 34.0 Å². The van der Waals surface area contributed by atoms with E-state index in [4.69, 9.17) is 9.97 Å². The SMILES string of the molecule is CNC(=O)c1ccc(CN(C)c2nc(-c3cccs3)nc3ccccc23)cc1. The molecule has 0 saturated carbocycles. The van der Waals surface area contributed by atoms with Crippen molar-refractivity contribution in [2.45, 2.75) is 6.54 Å². The molecule has 4 aromatic rings. The first-order chi connectivity index (χ1) is 13.7. The Hall–Kier alpha value is -3.25. The lowest BCUT2D eigenvalue weighted by molar-refractivity contribution is 0.0963. The van der Waals surface area contributed by atoms with Gasteiger partial charge >= 0.3 is 0 Å². The Labute approximate surface area is 167 Å². The maximum atomic E-state index is 11.7. The summed E-state index contributed by atoms with van der Waals surface area (Å²) in [4.78, 5) is 24.5. The summed E-state index contributed by atoms with van der Waals surface area (Å²) in [5.41, 5.74) is 2.69. The zero-order valence-corrected chi connectivity index (χ0v) is 16.5. The first-order valence-corrected chi connectivity index (χ1v) is 9.86. The number of nitrogens with one attached hydrogen (secondary N) is 1. The number of carbonyl (C=O) groups excluding carboxylic acids is 1. The van der Waals surface area contributed by atoms with Gasteiger partial charge in [-0.3, -0.25) is 4.79 Å². The van der Waals surface area contributed by atoms with Crippen LogP contribution in [-0.2, 0) is 6.54 Å². The van der Waals surface area contributed by atoms with Gasteiger partial charge in [0.2, 0.25) is 0 Å². The van der Waals surface area contributed by atoms with Gasteiger partial charge in [-0.25, -0.2) is 9.97 Å². The van der Waals surface area contributed by atoms with Crippen LogP contribution in [0.1, 0.15) is 15.9 Å². The number of hydrogen-bond donors (Lipinski definition) is 1. The van der Waals surface area contributed by atoms with Crippen molar-refractivity contribution in [3.05, 3.63) is 77.2 Å². The van der Waals surface area contributed by atoms with Gasteiger partial charge in [-0.2, -0.15) is 0 Å². The number of nitrogens with zero attached hydrogens (tertiary/aromatic N) is 3. The third kappa shape index (κ3) is 3.59. The molecule has 1 N–H and O–H groups in total. The lowest BCUT2D eigenvalue weighted by atomic mass is 10.1. The third-order valence-electron chi connectivity index (χ3n) is 4.55. The normalized spacial score (nSPS) is 10.8. The number of benzene rings is 2. The van der Waals surface area contributed by atoms with E-state index in [1.807, 2.05) is 73.1 Å². The molecule has 0 fully saturated rings. The largest absolute Gasteiger partial charge is 0.355 e. The van der Waals surface area contributed by atoms with Gasteiger partial charge in [-0.05, 0) is 41.3 Å². The summed E-state index contributed by atoms with van der Waals surface area (Å²) < 4.78 is 0. The van der Waals surface area contributed by atoms with Gasteiger partial charge in [0, 0.05) is 31.6 Å². The highest BCUT2D eigenvalue weighted by molar-refractivity contribution is 7.13. The van der Waals surface area contributed by atoms with Crippen molar-refractivity contribution in [1.82, 2.24) is 15.3 Å². The van der Waals surface area contributed by atoms with Crippen LogP contribution >= 0.6 is 11.3 Å². The van der Waals surface area contributed by atoms with E-state index >= 15 is 0 Å². The lowest BCUT2D eigenvalue weighted by Crippen LogP contribution is -2.20. The van der Waals surface area contributed by atoms with Crippen molar-refractivity contribution in [3.8, 4) is 10.7 Å². The summed E-state index contributed by atoms with van der Waals surface area (Å²) in [7, 11) is 3.66. The number of hydrogen-bond acceptors (Lipinski definition) is 5. The van der Waals surface area contributed by atoms with Crippen molar-refractivity contribution < 1.29 is 4.79 Å². The van der Waals surface area contributed by atoms with E-state index in [2.05, 4.69) is 10.2 Å². The van der Waals surface area contributed by atoms with Crippen LogP contribution in [-0.4, -0.2) is 30.0 Å². The number of rotatable bonds is 5. The van der Waals surface area contributed by atoms with E-state index in [-0.39, 0.29) is 5.91 Å². The smallest absolute Gasteiger partial charge is 0.251 e. The molecule has 2 aromatic heterocycles. The van der Waals surface area contributed by atoms with Crippen LogP contribution < -0.4 is 10.2 Å². The highest BCUT2D eigenvalue weighted by atomic mass is 32.1. The van der Waals surface area contributed by atoms with Gasteiger partial charge in [0.15, 0.2) is 5.82 Å². The fourth-order valence-corrected chi connectivity index (χ4v) is 3.78. The Morgan fingerprint density at radius 3 is 2.54 bits per heavy atom. The highest BCUT2D eigenvalue weighted by Gasteiger charge is 2.14. The molecule has 0 atom stereocenters. The summed E-state index contributed by atoms with van der Waals surface area (Å²) in [5, 5.41) is 5.70. The molecule has 0 aliphatic carbocycles. The van der Waals surface area contributed by atoms with Crippen LogP contribution in [0.5, 0.6) is 0 Å². The Bertz CT molecular complexity index is 1110. The van der Waals surface area contributed by atoms with Crippen LogP contribution in [0.25, 0.3) is 21.6 Å². The van der Waals surface area contributed by atoms with E-state index in [0.29, 0.717) is 12.1 Å². The molecule has 5 nitrogen and oxygen atoms in total. The molecule has 0 spiro atoms. The van der Waals surface area contributed by atoms with Gasteiger partial charge in [-0.15, -0.1) is 11.3 Å². The van der Waals surface area contributed by atoms with Gasteiger partial charge in [0.1, 0.15) is 5.82 Å². The van der Waals surface area contributed by atoms with Gasteiger partial charge < -0.3 is 10.2 Å². The van der Waals surface area contributed by atoms with E-state index < -0.39 is 0 Å². The quantitative estimate of drug-likeness (QED) is 0.552. The van der Waals surface area contributed by atoms with Crippen LogP contribution in [0.15, 0.2) is 66.0 Å². The van der Waals surface area contributed by atoms with E-state index in [1.54, 1.807) is 18.4 Å². The Balaban J connectivity index is 1.68. The first-order valence-electron chi connectivity index (χ1n) is 8.98. The Kier molecular flexibility index (Phi) is 5.04. The van der Waals surface area contributed by atoms with E-state index in [0.717, 1.165) is 33.0 Å². The molecule has 4 rings (SSSR count). The van der Waals surface area contributed by atoms with Crippen molar-refractivity contribution in [2.75, 3.05) is 19.0 Å². The fraction of sp³-hybridized carbons (Fsp3) is 0.136. The Morgan fingerprint density at radius 2 is 1.82 bits per heavy atom. The molecular weight excluding hydrogens is 368 g/mol. The molecule has 0 aliphatic heterocycles. The minimum atomic E-state index is -0.0812. The molecule has 0 unspecified atom stereocenters. The molecule has 1 amide bonds. The zero-order chi connectivity index (χ0) is 19.5. The molecule has 140 valence electrons. The third-order valence-corrected chi connectivity index (χ3v) is 5.41. The maximum absolute atomic E-state index is 11.7. The molecule has 28 heavy (non-hydrogen) atoms. The predicted molar refractivity (Wildman–Crippen MR) is 115 cm³/mol. The van der Waals surface area contributed by atoms with Crippen LogP contribution in [0, 0.1) is 0 Å². The number of thiophene rings is 1.